The molecule has 0 saturated carbocycles. The number of aromatic nitrogens is 1. The first kappa shape index (κ1) is 26.7. The summed E-state index contributed by atoms with van der Waals surface area (Å²) in [7, 11) is 6.25. The second kappa shape index (κ2) is 12.2. The number of ketones is 1. The SMILES string of the molecule is COc1ccc(-c2nc(NC(=O)CCC(=O)c3cc(OC)ccc3OC)sc2-c2ccc(OC)cc2)cc1. The van der Waals surface area contributed by atoms with Crippen molar-refractivity contribution >= 4 is 28.2 Å². The van der Waals surface area contributed by atoms with Crippen molar-refractivity contribution in [2.75, 3.05) is 33.8 Å². The summed E-state index contributed by atoms with van der Waals surface area (Å²) in [4.78, 5) is 31.3. The number of carbonyl (C=O) groups excluding carboxylic acids is 2. The number of amides is 1. The smallest absolute Gasteiger partial charge is 0.226 e. The second-order valence-corrected chi connectivity index (χ2v) is 9.19. The van der Waals surface area contributed by atoms with Crippen LogP contribution in [0, 0.1) is 0 Å². The summed E-state index contributed by atoms with van der Waals surface area (Å²) in [6.07, 6.45) is 0.00588. The Hall–Kier alpha value is -4.37. The van der Waals surface area contributed by atoms with Crippen LogP contribution in [0.1, 0.15) is 23.2 Å². The van der Waals surface area contributed by atoms with Crippen LogP contribution < -0.4 is 24.3 Å². The molecule has 9 heteroatoms. The number of thiazole rings is 1. The minimum atomic E-state index is -0.309. The summed E-state index contributed by atoms with van der Waals surface area (Å²) in [6.45, 7) is 0. The molecule has 0 atom stereocenters. The normalized spacial score (nSPS) is 10.5. The lowest BCUT2D eigenvalue weighted by atomic mass is 10.0. The van der Waals surface area contributed by atoms with E-state index in [1.54, 1.807) is 32.4 Å². The summed E-state index contributed by atoms with van der Waals surface area (Å²) in [6, 6.07) is 20.2. The Morgan fingerprint density at radius 2 is 1.32 bits per heavy atom. The number of benzene rings is 3. The van der Waals surface area contributed by atoms with Gasteiger partial charge in [0.15, 0.2) is 10.9 Å². The van der Waals surface area contributed by atoms with Crippen LogP contribution in [0.15, 0.2) is 66.7 Å². The average molecular weight is 533 g/mol. The van der Waals surface area contributed by atoms with Crippen LogP contribution in [0.5, 0.6) is 23.0 Å². The van der Waals surface area contributed by atoms with E-state index in [0.29, 0.717) is 22.2 Å². The number of Topliss-reactive ketones (excluding diaryl/α,β-unsaturated/α-hetero) is 1. The fraction of sp³-hybridized carbons (Fsp3) is 0.207. The van der Waals surface area contributed by atoms with Gasteiger partial charge in [0.1, 0.15) is 23.0 Å². The number of nitrogens with one attached hydrogen (secondary N) is 1. The predicted molar refractivity (Wildman–Crippen MR) is 148 cm³/mol. The Morgan fingerprint density at radius 3 is 1.89 bits per heavy atom. The molecule has 0 unspecified atom stereocenters. The van der Waals surface area contributed by atoms with Crippen LogP contribution >= 0.6 is 11.3 Å². The topological polar surface area (TPSA) is 96.0 Å². The molecule has 1 heterocycles. The molecule has 0 aliphatic heterocycles. The minimum Gasteiger partial charge on any atom is -0.497 e. The van der Waals surface area contributed by atoms with Crippen molar-refractivity contribution in [2.45, 2.75) is 12.8 Å². The van der Waals surface area contributed by atoms with E-state index in [1.165, 1.54) is 25.6 Å². The van der Waals surface area contributed by atoms with Crippen LogP contribution in [-0.4, -0.2) is 45.1 Å². The van der Waals surface area contributed by atoms with E-state index < -0.39 is 0 Å². The molecule has 0 saturated heterocycles. The van der Waals surface area contributed by atoms with E-state index in [0.717, 1.165) is 33.2 Å². The van der Waals surface area contributed by atoms with Crippen LogP contribution in [0.3, 0.4) is 0 Å². The first-order valence-electron chi connectivity index (χ1n) is 11.8. The van der Waals surface area contributed by atoms with Gasteiger partial charge in [0.05, 0.1) is 44.6 Å². The molecule has 0 radical (unpaired) electrons. The fourth-order valence-corrected chi connectivity index (χ4v) is 4.84. The molecule has 38 heavy (non-hydrogen) atoms. The van der Waals surface area contributed by atoms with Crippen molar-refractivity contribution in [3.05, 3.63) is 72.3 Å². The van der Waals surface area contributed by atoms with Crippen molar-refractivity contribution in [3.63, 3.8) is 0 Å². The van der Waals surface area contributed by atoms with E-state index in [2.05, 4.69) is 5.32 Å². The van der Waals surface area contributed by atoms with E-state index in [4.69, 9.17) is 23.9 Å². The summed E-state index contributed by atoms with van der Waals surface area (Å²) >= 11 is 1.36. The molecule has 1 amide bonds. The number of methoxy groups -OCH3 is 4. The van der Waals surface area contributed by atoms with Crippen molar-refractivity contribution in [1.29, 1.82) is 0 Å². The highest BCUT2D eigenvalue weighted by Gasteiger charge is 2.19. The number of carbonyl (C=O) groups is 2. The molecule has 196 valence electrons. The molecule has 0 aliphatic rings. The molecule has 3 aromatic carbocycles. The number of ether oxygens (including phenoxy) is 4. The fourth-order valence-electron chi connectivity index (χ4n) is 3.83. The van der Waals surface area contributed by atoms with Gasteiger partial charge in [-0.3, -0.25) is 9.59 Å². The Kier molecular flexibility index (Phi) is 8.60. The number of rotatable bonds is 11. The molecule has 4 aromatic rings. The third-order valence-electron chi connectivity index (χ3n) is 5.88. The lowest BCUT2D eigenvalue weighted by Gasteiger charge is -2.09. The molecule has 8 nitrogen and oxygen atoms in total. The number of hydrogen-bond donors (Lipinski definition) is 1. The maximum absolute atomic E-state index is 12.8. The van der Waals surface area contributed by atoms with Crippen molar-refractivity contribution in [2.24, 2.45) is 0 Å². The zero-order chi connectivity index (χ0) is 27.1. The molecular formula is C29H28N2O6S. The highest BCUT2D eigenvalue weighted by atomic mass is 32.1. The quantitative estimate of drug-likeness (QED) is 0.233. The van der Waals surface area contributed by atoms with Gasteiger partial charge < -0.3 is 24.3 Å². The first-order chi connectivity index (χ1) is 18.4. The van der Waals surface area contributed by atoms with Gasteiger partial charge >= 0.3 is 0 Å². The monoisotopic (exact) mass is 532 g/mol. The Bertz CT molecular complexity index is 1350. The first-order valence-corrected chi connectivity index (χ1v) is 12.6. The number of anilines is 1. The highest BCUT2D eigenvalue weighted by molar-refractivity contribution is 7.19. The van der Waals surface area contributed by atoms with E-state index in [1.807, 2.05) is 48.5 Å². The third kappa shape index (κ3) is 6.12. The number of hydrogen-bond acceptors (Lipinski definition) is 8. The standard InChI is InChI=1S/C29H28N2O6S/c1-34-20-9-5-18(6-10-20)27-28(19-7-11-21(35-2)12-8-19)38-29(31-27)30-26(33)16-14-24(32)23-17-22(36-3)13-15-25(23)37-4/h5-13,15,17H,14,16H2,1-4H3,(H,30,31,33). The number of nitrogens with zero attached hydrogens (tertiary/aromatic N) is 1. The van der Waals surface area contributed by atoms with Crippen molar-refractivity contribution < 1.29 is 28.5 Å². The third-order valence-corrected chi connectivity index (χ3v) is 6.90. The van der Waals surface area contributed by atoms with Gasteiger partial charge in [-0.2, -0.15) is 0 Å². The summed E-state index contributed by atoms with van der Waals surface area (Å²) in [5.41, 5.74) is 2.93. The molecule has 0 fully saturated rings. The van der Waals surface area contributed by atoms with E-state index in [9.17, 15) is 9.59 Å². The molecule has 0 aliphatic carbocycles. The van der Waals surface area contributed by atoms with Crippen molar-refractivity contribution in [1.82, 2.24) is 4.98 Å². The van der Waals surface area contributed by atoms with Gasteiger partial charge in [-0.05, 0) is 72.3 Å². The van der Waals surface area contributed by atoms with Gasteiger partial charge in [-0.25, -0.2) is 4.98 Å². The summed E-state index contributed by atoms with van der Waals surface area (Å²) < 4.78 is 21.1. The molecule has 1 aromatic heterocycles. The van der Waals surface area contributed by atoms with Gasteiger partial charge in [-0.15, -0.1) is 0 Å². The lowest BCUT2D eigenvalue weighted by Crippen LogP contribution is -2.13. The minimum absolute atomic E-state index is 0.00544. The van der Waals surface area contributed by atoms with Crippen LogP contribution in [0.25, 0.3) is 21.7 Å². The van der Waals surface area contributed by atoms with Gasteiger partial charge in [0.2, 0.25) is 5.91 Å². The van der Waals surface area contributed by atoms with Crippen molar-refractivity contribution in [3.8, 4) is 44.7 Å². The van der Waals surface area contributed by atoms with E-state index in [-0.39, 0.29) is 24.5 Å². The lowest BCUT2D eigenvalue weighted by molar-refractivity contribution is -0.116. The zero-order valence-electron chi connectivity index (χ0n) is 21.6. The Labute approximate surface area is 225 Å². The van der Waals surface area contributed by atoms with Crippen LogP contribution in [0.4, 0.5) is 5.13 Å². The molecule has 4 rings (SSSR count). The maximum atomic E-state index is 12.8. The van der Waals surface area contributed by atoms with E-state index >= 15 is 0 Å². The summed E-state index contributed by atoms with van der Waals surface area (Å²) in [5.74, 6) is 1.93. The average Bonchev–Trinajstić information content (AvgIpc) is 3.39. The summed E-state index contributed by atoms with van der Waals surface area (Å²) in [5, 5.41) is 3.30. The molecular weight excluding hydrogens is 504 g/mol. The van der Waals surface area contributed by atoms with Crippen LogP contribution in [-0.2, 0) is 4.79 Å². The van der Waals surface area contributed by atoms with Gasteiger partial charge in [0, 0.05) is 18.4 Å². The molecule has 0 bridgehead atoms. The highest BCUT2D eigenvalue weighted by Crippen LogP contribution is 2.40. The maximum Gasteiger partial charge on any atom is 0.226 e. The van der Waals surface area contributed by atoms with Crippen LogP contribution in [0.2, 0.25) is 0 Å². The predicted octanol–water partition coefficient (Wildman–Crippen LogP) is 6.11. The molecule has 0 spiro atoms. The second-order valence-electron chi connectivity index (χ2n) is 8.19. The van der Waals surface area contributed by atoms with Gasteiger partial charge in [0.25, 0.3) is 0 Å². The van der Waals surface area contributed by atoms with Gasteiger partial charge in [-0.1, -0.05) is 11.3 Å². The molecule has 1 N–H and O–H groups in total. The largest absolute Gasteiger partial charge is 0.497 e. The zero-order valence-corrected chi connectivity index (χ0v) is 22.4. The Balaban J connectivity index is 1.53. The Morgan fingerprint density at radius 1 is 0.737 bits per heavy atom.